The van der Waals surface area contributed by atoms with Crippen LogP contribution in [0, 0.1) is 25.2 Å². The van der Waals surface area contributed by atoms with Crippen molar-refractivity contribution in [2.24, 2.45) is 0 Å². The highest BCUT2D eigenvalue weighted by Gasteiger charge is 2.15. The average Bonchev–Trinajstić information content (AvgIpc) is 2.56. The van der Waals surface area contributed by atoms with Gasteiger partial charge in [-0.2, -0.15) is 17.0 Å². The molecule has 124 valence electrons. The number of aryl methyl sites for hydroxylation is 2. The first-order valence-electron chi connectivity index (χ1n) is 8.23. The first kappa shape index (κ1) is 16.9. The summed E-state index contributed by atoms with van der Waals surface area (Å²) < 4.78 is 6.17. The molecule has 1 aliphatic rings. The minimum atomic E-state index is 0.684. The van der Waals surface area contributed by atoms with E-state index >= 15 is 0 Å². The molecule has 1 fully saturated rings. The third kappa shape index (κ3) is 4.31. The van der Waals surface area contributed by atoms with Gasteiger partial charge in [0.05, 0.1) is 11.6 Å². The van der Waals surface area contributed by atoms with Gasteiger partial charge in [-0.15, -0.1) is 0 Å². The Hall–Kier alpha value is -1.96. The monoisotopic (exact) mass is 338 g/mol. The molecule has 2 aromatic rings. The Morgan fingerprint density at radius 2 is 1.79 bits per heavy atom. The molecule has 0 atom stereocenters. The van der Waals surface area contributed by atoms with Gasteiger partial charge in [0, 0.05) is 36.7 Å². The minimum Gasteiger partial charge on any atom is -0.457 e. The van der Waals surface area contributed by atoms with E-state index in [1.165, 1.54) is 22.6 Å². The summed E-state index contributed by atoms with van der Waals surface area (Å²) in [5.74, 6) is 4.04. The summed E-state index contributed by atoms with van der Waals surface area (Å²) in [6.07, 6.45) is 0. The molecule has 3 rings (SSSR count). The van der Waals surface area contributed by atoms with E-state index in [0.717, 1.165) is 36.7 Å². The maximum Gasteiger partial charge on any atom is 0.132 e. The van der Waals surface area contributed by atoms with E-state index < -0.39 is 0 Å². The largest absolute Gasteiger partial charge is 0.457 e. The fourth-order valence-corrected chi connectivity index (χ4v) is 3.97. The van der Waals surface area contributed by atoms with Crippen molar-refractivity contribution in [2.75, 3.05) is 24.6 Å². The summed E-state index contributed by atoms with van der Waals surface area (Å²) in [6, 6.07) is 14.2. The standard InChI is InChI=1S/C20H22N2OS/c1-15-9-16(2)11-19(10-15)23-20-4-3-17(13-21)12-18(20)14-22-5-7-24-8-6-22/h3-4,9-12H,5-8,14H2,1-2H3. The minimum absolute atomic E-state index is 0.684. The van der Waals surface area contributed by atoms with Gasteiger partial charge in [-0.05, 0) is 55.3 Å². The van der Waals surface area contributed by atoms with Crippen LogP contribution in [0.3, 0.4) is 0 Å². The van der Waals surface area contributed by atoms with Gasteiger partial charge in [0.15, 0.2) is 0 Å². The molecule has 24 heavy (non-hydrogen) atoms. The van der Waals surface area contributed by atoms with Crippen molar-refractivity contribution in [1.29, 1.82) is 5.26 Å². The summed E-state index contributed by atoms with van der Waals surface area (Å²) >= 11 is 2.00. The van der Waals surface area contributed by atoms with Crippen LogP contribution in [0.15, 0.2) is 36.4 Å². The summed E-state index contributed by atoms with van der Waals surface area (Å²) in [6.45, 7) is 7.15. The third-order valence-electron chi connectivity index (χ3n) is 4.11. The highest BCUT2D eigenvalue weighted by Crippen LogP contribution is 2.29. The van der Waals surface area contributed by atoms with E-state index in [1.807, 2.05) is 42.1 Å². The van der Waals surface area contributed by atoms with Crippen LogP contribution in [0.2, 0.25) is 0 Å². The fourth-order valence-electron chi connectivity index (χ4n) is 2.99. The normalized spacial score (nSPS) is 15.0. The first-order valence-corrected chi connectivity index (χ1v) is 9.39. The van der Waals surface area contributed by atoms with Crippen molar-refractivity contribution in [3.63, 3.8) is 0 Å². The van der Waals surface area contributed by atoms with Crippen molar-refractivity contribution in [3.05, 3.63) is 58.7 Å². The Labute approximate surface area is 148 Å². The number of hydrogen-bond acceptors (Lipinski definition) is 4. The molecule has 0 amide bonds. The second-order valence-electron chi connectivity index (χ2n) is 6.25. The van der Waals surface area contributed by atoms with Gasteiger partial charge in [0.1, 0.15) is 11.5 Å². The Bertz CT molecular complexity index is 740. The van der Waals surface area contributed by atoms with Crippen LogP contribution in [0.1, 0.15) is 22.3 Å². The predicted molar refractivity (Wildman–Crippen MR) is 99.7 cm³/mol. The molecule has 0 N–H and O–H groups in total. The lowest BCUT2D eigenvalue weighted by Gasteiger charge is -2.27. The van der Waals surface area contributed by atoms with Gasteiger partial charge in [-0.1, -0.05) is 6.07 Å². The van der Waals surface area contributed by atoms with Crippen LogP contribution in [0.4, 0.5) is 0 Å². The molecular formula is C20H22N2OS. The third-order valence-corrected chi connectivity index (χ3v) is 5.05. The van der Waals surface area contributed by atoms with Gasteiger partial charge >= 0.3 is 0 Å². The van der Waals surface area contributed by atoms with Crippen molar-refractivity contribution < 1.29 is 4.74 Å². The second kappa shape index (κ2) is 7.74. The van der Waals surface area contributed by atoms with Crippen LogP contribution in [-0.4, -0.2) is 29.5 Å². The fraction of sp³-hybridized carbons (Fsp3) is 0.350. The number of hydrogen-bond donors (Lipinski definition) is 0. The quantitative estimate of drug-likeness (QED) is 0.821. The molecule has 0 bridgehead atoms. The average molecular weight is 338 g/mol. The number of nitriles is 1. The Balaban J connectivity index is 1.86. The van der Waals surface area contributed by atoms with Crippen LogP contribution in [-0.2, 0) is 6.54 Å². The Kier molecular flexibility index (Phi) is 5.44. The maximum absolute atomic E-state index is 9.21. The highest BCUT2D eigenvalue weighted by atomic mass is 32.2. The number of benzene rings is 2. The van der Waals surface area contributed by atoms with Gasteiger partial charge in [0.25, 0.3) is 0 Å². The molecule has 0 aliphatic carbocycles. The lowest BCUT2D eigenvalue weighted by Crippen LogP contribution is -2.32. The maximum atomic E-state index is 9.21. The van der Waals surface area contributed by atoms with Gasteiger partial charge in [-0.3, -0.25) is 4.90 Å². The van der Waals surface area contributed by atoms with Gasteiger partial charge < -0.3 is 4.74 Å². The zero-order valence-electron chi connectivity index (χ0n) is 14.2. The van der Waals surface area contributed by atoms with Crippen molar-refractivity contribution in [3.8, 4) is 17.6 Å². The molecule has 0 unspecified atom stereocenters. The first-order chi connectivity index (χ1) is 11.6. The van der Waals surface area contributed by atoms with E-state index in [0.29, 0.717) is 5.56 Å². The number of rotatable bonds is 4. The lowest BCUT2D eigenvalue weighted by atomic mass is 10.1. The van der Waals surface area contributed by atoms with E-state index in [2.05, 4.69) is 30.9 Å². The van der Waals surface area contributed by atoms with E-state index in [4.69, 9.17) is 4.74 Å². The SMILES string of the molecule is Cc1cc(C)cc(Oc2ccc(C#N)cc2CN2CCSCC2)c1. The molecule has 1 aliphatic heterocycles. The molecule has 4 heteroatoms. The number of thioether (sulfide) groups is 1. The molecule has 2 aromatic carbocycles. The topological polar surface area (TPSA) is 36.3 Å². The van der Waals surface area contributed by atoms with Crippen molar-refractivity contribution in [1.82, 2.24) is 4.90 Å². The number of ether oxygens (including phenoxy) is 1. The molecule has 0 radical (unpaired) electrons. The Morgan fingerprint density at radius 3 is 2.46 bits per heavy atom. The molecular weight excluding hydrogens is 316 g/mol. The Morgan fingerprint density at radius 1 is 1.08 bits per heavy atom. The number of nitrogens with zero attached hydrogens (tertiary/aromatic N) is 2. The van der Waals surface area contributed by atoms with Crippen molar-refractivity contribution >= 4 is 11.8 Å². The molecule has 0 aromatic heterocycles. The highest BCUT2D eigenvalue weighted by molar-refractivity contribution is 7.99. The zero-order chi connectivity index (χ0) is 16.9. The molecule has 3 nitrogen and oxygen atoms in total. The molecule has 1 saturated heterocycles. The van der Waals surface area contributed by atoms with Gasteiger partial charge in [-0.25, -0.2) is 0 Å². The van der Waals surface area contributed by atoms with E-state index in [-0.39, 0.29) is 0 Å². The van der Waals surface area contributed by atoms with Crippen LogP contribution >= 0.6 is 11.8 Å². The van der Waals surface area contributed by atoms with Crippen LogP contribution in [0.5, 0.6) is 11.5 Å². The van der Waals surface area contributed by atoms with E-state index in [1.54, 1.807) is 0 Å². The van der Waals surface area contributed by atoms with Gasteiger partial charge in [0.2, 0.25) is 0 Å². The van der Waals surface area contributed by atoms with Crippen LogP contribution in [0.25, 0.3) is 0 Å². The molecule has 0 saturated carbocycles. The molecule has 1 heterocycles. The smallest absolute Gasteiger partial charge is 0.132 e. The zero-order valence-corrected chi connectivity index (χ0v) is 15.0. The predicted octanol–water partition coefficient (Wildman–Crippen LogP) is 4.52. The second-order valence-corrected chi connectivity index (χ2v) is 7.47. The van der Waals surface area contributed by atoms with E-state index in [9.17, 15) is 5.26 Å². The lowest BCUT2D eigenvalue weighted by molar-refractivity contribution is 0.290. The summed E-state index contributed by atoms with van der Waals surface area (Å²) in [4.78, 5) is 2.43. The summed E-state index contributed by atoms with van der Waals surface area (Å²) in [5.41, 5.74) is 4.14. The summed E-state index contributed by atoms with van der Waals surface area (Å²) in [5, 5.41) is 9.21. The van der Waals surface area contributed by atoms with Crippen molar-refractivity contribution in [2.45, 2.75) is 20.4 Å². The molecule has 0 spiro atoms. The summed E-state index contributed by atoms with van der Waals surface area (Å²) in [7, 11) is 0. The van der Waals surface area contributed by atoms with Crippen LogP contribution < -0.4 is 4.74 Å².